The monoisotopic (exact) mass is 524 g/mol. The van der Waals surface area contributed by atoms with Crippen LogP contribution >= 0.6 is 24.0 Å². The van der Waals surface area contributed by atoms with E-state index < -0.39 is 0 Å². The van der Waals surface area contributed by atoms with Crippen molar-refractivity contribution in [1.29, 1.82) is 0 Å². The number of rotatable bonds is 8. The summed E-state index contributed by atoms with van der Waals surface area (Å²) in [5.74, 6) is 2.22. The third-order valence-corrected chi connectivity index (χ3v) is 5.22. The minimum absolute atomic E-state index is 0. The van der Waals surface area contributed by atoms with Crippen LogP contribution in [-0.2, 0) is 19.6 Å². The number of likely N-dealkylation sites (tertiary alicyclic amines) is 1. The third kappa shape index (κ3) is 7.05. The smallest absolute Gasteiger partial charge is 0.191 e. The summed E-state index contributed by atoms with van der Waals surface area (Å²) in [7, 11) is 5.07. The zero-order valence-electron chi connectivity index (χ0n) is 18.1. The summed E-state index contributed by atoms with van der Waals surface area (Å²) in [6, 6.07) is 14.7. The highest BCUT2D eigenvalue weighted by molar-refractivity contribution is 14.0. The molecule has 1 aliphatic rings. The van der Waals surface area contributed by atoms with Crippen molar-refractivity contribution in [2.45, 2.75) is 32.5 Å². The zero-order chi connectivity index (χ0) is 20.5. The maximum Gasteiger partial charge on any atom is 0.191 e. The number of benzene rings is 2. The van der Waals surface area contributed by atoms with Gasteiger partial charge in [0.1, 0.15) is 0 Å². The van der Waals surface area contributed by atoms with E-state index in [9.17, 15) is 0 Å². The molecule has 1 aliphatic heterocycles. The first kappa shape index (κ1) is 24.3. The molecule has 7 heteroatoms. The number of nitrogens with one attached hydrogen (secondary N) is 2. The normalized spacial score (nSPS) is 14.2. The van der Waals surface area contributed by atoms with Crippen molar-refractivity contribution in [2.24, 2.45) is 4.99 Å². The minimum atomic E-state index is 0. The van der Waals surface area contributed by atoms with Crippen LogP contribution in [0.2, 0.25) is 0 Å². The van der Waals surface area contributed by atoms with Gasteiger partial charge in [0.05, 0.1) is 14.2 Å². The van der Waals surface area contributed by atoms with Crippen LogP contribution < -0.4 is 20.1 Å². The molecular weight excluding hydrogens is 491 g/mol. The molecule has 0 spiro atoms. The maximum atomic E-state index is 5.37. The number of guanidine groups is 1. The molecule has 0 aromatic heterocycles. The first-order valence-electron chi connectivity index (χ1n) is 10.2. The van der Waals surface area contributed by atoms with E-state index in [1.807, 2.05) is 18.2 Å². The average molecular weight is 524 g/mol. The number of nitrogens with zero attached hydrogens (tertiary/aromatic N) is 2. The van der Waals surface area contributed by atoms with Crippen LogP contribution in [0, 0.1) is 0 Å². The summed E-state index contributed by atoms with van der Waals surface area (Å²) in [6.45, 7) is 4.89. The maximum absolute atomic E-state index is 5.37. The summed E-state index contributed by atoms with van der Waals surface area (Å²) >= 11 is 0. The van der Waals surface area contributed by atoms with Gasteiger partial charge < -0.3 is 20.1 Å². The summed E-state index contributed by atoms with van der Waals surface area (Å²) in [6.07, 6.45) is 2.66. The Balaban J connectivity index is 0.00000320. The number of hydrogen-bond acceptors (Lipinski definition) is 4. The zero-order valence-corrected chi connectivity index (χ0v) is 20.4. The molecule has 0 unspecified atom stereocenters. The fourth-order valence-corrected chi connectivity index (χ4v) is 3.54. The van der Waals surface area contributed by atoms with E-state index in [0.717, 1.165) is 36.1 Å². The lowest BCUT2D eigenvalue weighted by Gasteiger charge is -2.15. The Kier molecular flexibility index (Phi) is 10.2. The predicted octanol–water partition coefficient (Wildman–Crippen LogP) is 3.78. The fraction of sp³-hybridized carbons (Fsp3) is 0.435. The molecule has 0 radical (unpaired) electrons. The van der Waals surface area contributed by atoms with Crippen molar-refractivity contribution < 1.29 is 9.47 Å². The number of ether oxygens (including phenoxy) is 2. The lowest BCUT2D eigenvalue weighted by Crippen LogP contribution is -2.36. The number of methoxy groups -OCH3 is 2. The molecule has 2 N–H and O–H groups in total. The molecule has 1 saturated heterocycles. The minimum Gasteiger partial charge on any atom is -0.493 e. The highest BCUT2D eigenvalue weighted by Gasteiger charge is 2.11. The van der Waals surface area contributed by atoms with Crippen LogP contribution in [0.5, 0.6) is 11.5 Å². The quantitative estimate of drug-likeness (QED) is 0.313. The van der Waals surface area contributed by atoms with Crippen LogP contribution in [0.4, 0.5) is 0 Å². The Morgan fingerprint density at radius 3 is 2.03 bits per heavy atom. The molecule has 164 valence electrons. The van der Waals surface area contributed by atoms with E-state index >= 15 is 0 Å². The van der Waals surface area contributed by atoms with Gasteiger partial charge in [-0.25, -0.2) is 0 Å². The molecule has 3 rings (SSSR count). The van der Waals surface area contributed by atoms with Gasteiger partial charge in [-0.3, -0.25) is 9.89 Å². The van der Waals surface area contributed by atoms with Crippen LogP contribution in [0.25, 0.3) is 0 Å². The van der Waals surface area contributed by atoms with Gasteiger partial charge in [-0.15, -0.1) is 24.0 Å². The number of aliphatic imine (C=N–C) groups is 1. The van der Waals surface area contributed by atoms with Gasteiger partial charge in [-0.2, -0.15) is 0 Å². The average Bonchev–Trinajstić information content (AvgIpc) is 3.27. The highest BCUT2D eigenvalue weighted by atomic mass is 127. The molecule has 0 aliphatic carbocycles. The van der Waals surface area contributed by atoms with Gasteiger partial charge in [-0.1, -0.05) is 30.3 Å². The van der Waals surface area contributed by atoms with E-state index in [1.165, 1.54) is 37.1 Å². The van der Waals surface area contributed by atoms with Crippen LogP contribution in [0.15, 0.2) is 47.5 Å². The van der Waals surface area contributed by atoms with Gasteiger partial charge >= 0.3 is 0 Å². The summed E-state index contributed by atoms with van der Waals surface area (Å²) in [4.78, 5) is 6.83. The van der Waals surface area contributed by atoms with Crippen LogP contribution in [-0.4, -0.2) is 45.2 Å². The Morgan fingerprint density at radius 2 is 1.43 bits per heavy atom. The van der Waals surface area contributed by atoms with Crippen molar-refractivity contribution >= 4 is 29.9 Å². The molecule has 0 amide bonds. The second-order valence-corrected chi connectivity index (χ2v) is 7.27. The van der Waals surface area contributed by atoms with E-state index in [4.69, 9.17) is 9.47 Å². The molecule has 1 fully saturated rings. The molecule has 2 aromatic carbocycles. The van der Waals surface area contributed by atoms with Gasteiger partial charge in [-0.05, 0) is 54.8 Å². The van der Waals surface area contributed by atoms with Gasteiger partial charge in [0.25, 0.3) is 0 Å². The number of hydrogen-bond donors (Lipinski definition) is 2. The van der Waals surface area contributed by atoms with Gasteiger partial charge in [0.2, 0.25) is 0 Å². The highest BCUT2D eigenvalue weighted by Crippen LogP contribution is 2.27. The molecule has 6 nitrogen and oxygen atoms in total. The predicted molar refractivity (Wildman–Crippen MR) is 133 cm³/mol. The van der Waals surface area contributed by atoms with Gasteiger partial charge in [0.15, 0.2) is 17.5 Å². The van der Waals surface area contributed by atoms with E-state index in [1.54, 1.807) is 21.3 Å². The second-order valence-electron chi connectivity index (χ2n) is 7.27. The fourth-order valence-electron chi connectivity index (χ4n) is 3.54. The Labute approximate surface area is 197 Å². The third-order valence-electron chi connectivity index (χ3n) is 5.22. The molecule has 0 bridgehead atoms. The Hall–Kier alpha value is -2.00. The van der Waals surface area contributed by atoms with Crippen molar-refractivity contribution in [1.82, 2.24) is 15.5 Å². The largest absolute Gasteiger partial charge is 0.493 e. The molecule has 0 saturated carbocycles. The summed E-state index contributed by atoms with van der Waals surface area (Å²) in [5.41, 5.74) is 3.72. The van der Waals surface area contributed by atoms with Crippen molar-refractivity contribution in [3.8, 4) is 11.5 Å². The summed E-state index contributed by atoms with van der Waals surface area (Å²) < 4.78 is 10.7. The standard InChI is InChI=1S/C23H32N4O2.HI/c1-24-23(26-16-20-10-11-21(28-2)22(14-20)29-3)25-15-18-6-8-19(9-7-18)17-27-12-4-5-13-27;/h6-11,14H,4-5,12-13,15-17H2,1-3H3,(H2,24,25,26);1H. The van der Waals surface area contributed by atoms with Crippen LogP contribution in [0.3, 0.4) is 0 Å². The van der Waals surface area contributed by atoms with E-state index in [-0.39, 0.29) is 24.0 Å². The Bertz CT molecular complexity index is 805. The van der Waals surface area contributed by atoms with Crippen LogP contribution in [0.1, 0.15) is 29.5 Å². The SMILES string of the molecule is CN=C(NCc1ccc(CN2CCCC2)cc1)NCc1ccc(OC)c(OC)c1.I. The first-order valence-corrected chi connectivity index (χ1v) is 10.2. The molecule has 30 heavy (non-hydrogen) atoms. The lowest BCUT2D eigenvalue weighted by atomic mass is 10.1. The Morgan fingerprint density at radius 1 is 0.867 bits per heavy atom. The lowest BCUT2D eigenvalue weighted by molar-refractivity contribution is 0.331. The molecule has 0 atom stereocenters. The van der Waals surface area contributed by atoms with Crippen molar-refractivity contribution in [3.63, 3.8) is 0 Å². The molecule has 1 heterocycles. The molecule has 2 aromatic rings. The second kappa shape index (κ2) is 12.6. The van der Waals surface area contributed by atoms with Crippen molar-refractivity contribution in [2.75, 3.05) is 34.4 Å². The van der Waals surface area contributed by atoms with E-state index in [0.29, 0.717) is 6.54 Å². The van der Waals surface area contributed by atoms with Crippen molar-refractivity contribution in [3.05, 3.63) is 59.2 Å². The van der Waals surface area contributed by atoms with Gasteiger partial charge in [0, 0.05) is 26.7 Å². The van der Waals surface area contributed by atoms with E-state index in [2.05, 4.69) is 44.8 Å². The summed E-state index contributed by atoms with van der Waals surface area (Å²) in [5, 5.41) is 6.71. The molecular formula is C23H33IN4O2. The first-order chi connectivity index (χ1) is 14.2. The number of halogens is 1. The topological polar surface area (TPSA) is 58.1 Å².